The summed E-state index contributed by atoms with van der Waals surface area (Å²) in [6.07, 6.45) is 4.52. The molecule has 1 unspecified atom stereocenters. The van der Waals surface area contributed by atoms with Crippen LogP contribution in [0.15, 0.2) is 36.4 Å². The molecule has 1 aromatic rings. The van der Waals surface area contributed by atoms with Gasteiger partial charge in [0, 0.05) is 12.7 Å². The number of amides is 1. The number of hydrogen-bond donors (Lipinski definition) is 2. The van der Waals surface area contributed by atoms with Crippen molar-refractivity contribution < 1.29 is 14.7 Å². The molecule has 0 aliphatic carbocycles. The Kier molecular flexibility index (Phi) is 7.50. The minimum absolute atomic E-state index is 0.314. The maximum absolute atomic E-state index is 10.9. The first-order chi connectivity index (χ1) is 9.59. The molecule has 20 heavy (non-hydrogen) atoms. The maximum atomic E-state index is 10.9. The summed E-state index contributed by atoms with van der Waals surface area (Å²) in [7, 11) is 0. The van der Waals surface area contributed by atoms with Gasteiger partial charge in [0.1, 0.15) is 6.04 Å². The average Bonchev–Trinajstić information content (AvgIpc) is 2.41. The minimum Gasteiger partial charge on any atom is -0.480 e. The fourth-order valence-electron chi connectivity index (χ4n) is 1.60. The normalized spacial score (nSPS) is 12.2. The zero-order valence-corrected chi connectivity index (χ0v) is 12.2. The monoisotopic (exact) mass is 293 g/mol. The largest absolute Gasteiger partial charge is 0.480 e. The van der Waals surface area contributed by atoms with Crippen LogP contribution in [0, 0.1) is 0 Å². The molecule has 0 heterocycles. The van der Waals surface area contributed by atoms with E-state index in [1.54, 1.807) is 11.8 Å². The highest BCUT2D eigenvalue weighted by Crippen LogP contribution is 2.08. The standard InChI is InChI=1S/C15H19NO3S/c1-12(17)16-14(15(18)19)9-11-20-10-5-8-13-6-3-2-4-7-13/h2-8,14H,9-11H2,1H3,(H,16,17)(H,18,19). The highest BCUT2D eigenvalue weighted by atomic mass is 32.2. The second kappa shape index (κ2) is 9.20. The molecule has 2 N–H and O–H groups in total. The molecule has 0 spiro atoms. The van der Waals surface area contributed by atoms with Gasteiger partial charge in [-0.05, 0) is 17.7 Å². The summed E-state index contributed by atoms with van der Waals surface area (Å²) in [4.78, 5) is 21.8. The highest BCUT2D eigenvalue weighted by molar-refractivity contribution is 7.99. The lowest BCUT2D eigenvalue weighted by atomic mass is 10.2. The lowest BCUT2D eigenvalue weighted by Crippen LogP contribution is -2.39. The van der Waals surface area contributed by atoms with Crippen molar-refractivity contribution >= 4 is 29.7 Å². The van der Waals surface area contributed by atoms with Gasteiger partial charge in [-0.2, -0.15) is 11.8 Å². The molecular formula is C15H19NO3S. The van der Waals surface area contributed by atoms with E-state index in [1.165, 1.54) is 6.92 Å². The van der Waals surface area contributed by atoms with E-state index in [2.05, 4.69) is 5.32 Å². The van der Waals surface area contributed by atoms with E-state index in [4.69, 9.17) is 5.11 Å². The average molecular weight is 293 g/mol. The van der Waals surface area contributed by atoms with Crippen LogP contribution in [0.25, 0.3) is 6.08 Å². The number of nitrogens with one attached hydrogen (secondary N) is 1. The van der Waals surface area contributed by atoms with E-state index in [-0.39, 0.29) is 5.91 Å². The van der Waals surface area contributed by atoms with E-state index >= 15 is 0 Å². The van der Waals surface area contributed by atoms with E-state index in [1.807, 2.05) is 42.5 Å². The molecule has 108 valence electrons. The first kappa shape index (κ1) is 16.3. The Morgan fingerprint density at radius 1 is 1.35 bits per heavy atom. The molecule has 4 nitrogen and oxygen atoms in total. The zero-order chi connectivity index (χ0) is 14.8. The van der Waals surface area contributed by atoms with Crippen molar-refractivity contribution in [2.24, 2.45) is 0 Å². The molecule has 1 rings (SSSR count). The van der Waals surface area contributed by atoms with Gasteiger partial charge in [-0.15, -0.1) is 0 Å². The van der Waals surface area contributed by atoms with Crippen LogP contribution in [0.2, 0.25) is 0 Å². The van der Waals surface area contributed by atoms with Gasteiger partial charge in [-0.25, -0.2) is 4.79 Å². The van der Waals surface area contributed by atoms with Crippen LogP contribution in [-0.4, -0.2) is 34.5 Å². The SMILES string of the molecule is CC(=O)NC(CCSCC=Cc1ccccc1)C(=O)O. The Labute approximate surface area is 123 Å². The molecule has 0 saturated heterocycles. The third-order valence-corrected chi connectivity index (χ3v) is 3.50. The van der Waals surface area contributed by atoms with Crippen LogP contribution in [0.1, 0.15) is 18.9 Å². The summed E-state index contributed by atoms with van der Waals surface area (Å²) < 4.78 is 0. The van der Waals surface area contributed by atoms with Gasteiger partial charge >= 0.3 is 5.97 Å². The fourth-order valence-corrected chi connectivity index (χ4v) is 2.40. The quantitative estimate of drug-likeness (QED) is 0.722. The third-order valence-electron chi connectivity index (χ3n) is 2.55. The van der Waals surface area contributed by atoms with E-state index in [0.717, 1.165) is 11.3 Å². The van der Waals surface area contributed by atoms with Gasteiger partial charge in [0.15, 0.2) is 0 Å². The lowest BCUT2D eigenvalue weighted by molar-refractivity contribution is -0.141. The zero-order valence-electron chi connectivity index (χ0n) is 11.4. The number of carbonyl (C=O) groups is 2. The summed E-state index contributed by atoms with van der Waals surface area (Å²) >= 11 is 1.64. The van der Waals surface area contributed by atoms with Crippen LogP contribution in [-0.2, 0) is 9.59 Å². The van der Waals surface area contributed by atoms with Gasteiger partial charge in [-0.3, -0.25) is 4.79 Å². The van der Waals surface area contributed by atoms with Crippen molar-refractivity contribution in [3.63, 3.8) is 0 Å². The van der Waals surface area contributed by atoms with Crippen molar-refractivity contribution in [2.45, 2.75) is 19.4 Å². The van der Waals surface area contributed by atoms with Crippen LogP contribution >= 0.6 is 11.8 Å². The van der Waals surface area contributed by atoms with E-state index in [0.29, 0.717) is 12.2 Å². The van der Waals surface area contributed by atoms with Crippen LogP contribution in [0.4, 0.5) is 0 Å². The third kappa shape index (κ3) is 6.99. The van der Waals surface area contributed by atoms with Crippen LogP contribution < -0.4 is 5.32 Å². The number of hydrogen-bond acceptors (Lipinski definition) is 3. The van der Waals surface area contributed by atoms with Crippen molar-refractivity contribution in [2.75, 3.05) is 11.5 Å². The Bertz CT molecular complexity index is 459. The van der Waals surface area contributed by atoms with Gasteiger partial charge in [-0.1, -0.05) is 42.5 Å². The molecule has 0 aliphatic heterocycles. The number of carboxylic acid groups (broad SMARTS) is 1. The second-order valence-corrected chi connectivity index (χ2v) is 5.42. The summed E-state index contributed by atoms with van der Waals surface area (Å²) in [6, 6.07) is 9.20. The van der Waals surface area contributed by atoms with Crippen molar-refractivity contribution in [1.82, 2.24) is 5.32 Å². The Morgan fingerprint density at radius 3 is 2.65 bits per heavy atom. The lowest BCUT2D eigenvalue weighted by Gasteiger charge is -2.12. The van der Waals surface area contributed by atoms with E-state index < -0.39 is 12.0 Å². The summed E-state index contributed by atoms with van der Waals surface area (Å²) in [6.45, 7) is 1.33. The van der Waals surface area contributed by atoms with Gasteiger partial charge in [0.2, 0.25) is 5.91 Å². The first-order valence-electron chi connectivity index (χ1n) is 6.39. The molecule has 0 saturated carbocycles. The minimum atomic E-state index is -0.986. The maximum Gasteiger partial charge on any atom is 0.326 e. The number of carboxylic acids is 1. The molecular weight excluding hydrogens is 274 g/mol. The smallest absolute Gasteiger partial charge is 0.326 e. The van der Waals surface area contributed by atoms with Gasteiger partial charge in [0.25, 0.3) is 0 Å². The predicted octanol–water partition coefficient (Wildman–Crippen LogP) is 2.41. The molecule has 1 atom stereocenters. The Morgan fingerprint density at radius 2 is 2.05 bits per heavy atom. The highest BCUT2D eigenvalue weighted by Gasteiger charge is 2.17. The summed E-state index contributed by atoms with van der Waals surface area (Å²) in [5.41, 5.74) is 1.15. The molecule has 1 amide bonds. The van der Waals surface area contributed by atoms with Crippen LogP contribution in [0.3, 0.4) is 0 Å². The van der Waals surface area contributed by atoms with Gasteiger partial charge < -0.3 is 10.4 Å². The summed E-state index contributed by atoms with van der Waals surface area (Å²) in [5.74, 6) is 0.213. The summed E-state index contributed by atoms with van der Waals surface area (Å²) in [5, 5.41) is 11.4. The molecule has 0 aliphatic rings. The van der Waals surface area contributed by atoms with Crippen molar-refractivity contribution in [3.8, 4) is 0 Å². The number of benzene rings is 1. The molecule has 1 aromatic carbocycles. The number of thioether (sulfide) groups is 1. The topological polar surface area (TPSA) is 66.4 Å². The first-order valence-corrected chi connectivity index (χ1v) is 7.54. The molecule has 0 radical (unpaired) electrons. The second-order valence-electron chi connectivity index (χ2n) is 4.27. The Hall–Kier alpha value is -1.75. The van der Waals surface area contributed by atoms with Crippen molar-refractivity contribution in [1.29, 1.82) is 0 Å². The van der Waals surface area contributed by atoms with E-state index in [9.17, 15) is 9.59 Å². The Balaban J connectivity index is 2.22. The molecule has 0 fully saturated rings. The van der Waals surface area contributed by atoms with Gasteiger partial charge in [0.05, 0.1) is 0 Å². The fraction of sp³-hybridized carbons (Fsp3) is 0.333. The number of carbonyl (C=O) groups excluding carboxylic acids is 1. The molecule has 0 aromatic heterocycles. The van der Waals surface area contributed by atoms with Crippen LogP contribution in [0.5, 0.6) is 0 Å². The molecule has 5 heteroatoms. The molecule has 0 bridgehead atoms. The van der Waals surface area contributed by atoms with Crippen molar-refractivity contribution in [3.05, 3.63) is 42.0 Å². The number of rotatable bonds is 8. The predicted molar refractivity (Wildman–Crippen MR) is 82.7 cm³/mol. The number of aliphatic carboxylic acids is 1.